The zero-order chi connectivity index (χ0) is 14.6. The molecule has 108 valence electrons. The highest BCUT2D eigenvalue weighted by atomic mass is 32.2. The lowest BCUT2D eigenvalue weighted by molar-refractivity contribution is 0.385. The highest BCUT2D eigenvalue weighted by Gasteiger charge is 2.22. The van der Waals surface area contributed by atoms with Crippen LogP contribution in [-0.4, -0.2) is 14.2 Å². The molecule has 1 aromatic carbocycles. The summed E-state index contributed by atoms with van der Waals surface area (Å²) in [4.78, 5) is 0. The van der Waals surface area contributed by atoms with E-state index in [0.29, 0.717) is 0 Å². The van der Waals surface area contributed by atoms with Gasteiger partial charge >= 0.3 is 0 Å². The van der Waals surface area contributed by atoms with Crippen LogP contribution in [0.3, 0.4) is 0 Å². The van der Waals surface area contributed by atoms with Crippen molar-refractivity contribution < 1.29 is 12.8 Å². The third-order valence-electron chi connectivity index (χ3n) is 3.55. The van der Waals surface area contributed by atoms with Crippen LogP contribution in [0.5, 0.6) is 0 Å². The fourth-order valence-electron chi connectivity index (χ4n) is 2.57. The Labute approximate surface area is 118 Å². The van der Waals surface area contributed by atoms with Gasteiger partial charge in [0.15, 0.2) is 0 Å². The van der Waals surface area contributed by atoms with Gasteiger partial charge in [0.2, 0.25) is 10.0 Å². The molecule has 0 bridgehead atoms. The summed E-state index contributed by atoms with van der Waals surface area (Å²) >= 11 is 0. The van der Waals surface area contributed by atoms with Gasteiger partial charge in [0.1, 0.15) is 11.9 Å². The van der Waals surface area contributed by atoms with Crippen molar-refractivity contribution in [1.29, 1.82) is 5.26 Å². The maximum Gasteiger partial charge on any atom is 0.233 e. The molecule has 1 aromatic rings. The minimum Gasteiger partial charge on any atom is -0.282 e. The maximum atomic E-state index is 13.0. The van der Waals surface area contributed by atoms with Crippen molar-refractivity contribution in [2.24, 2.45) is 5.92 Å². The van der Waals surface area contributed by atoms with Crippen LogP contribution in [0.4, 0.5) is 10.1 Å². The Morgan fingerprint density at radius 1 is 1.30 bits per heavy atom. The highest BCUT2D eigenvalue weighted by Crippen LogP contribution is 2.26. The van der Waals surface area contributed by atoms with Gasteiger partial charge < -0.3 is 0 Å². The summed E-state index contributed by atoms with van der Waals surface area (Å²) in [6.45, 7) is 0. The van der Waals surface area contributed by atoms with Crippen molar-refractivity contribution in [3.63, 3.8) is 0 Å². The van der Waals surface area contributed by atoms with Crippen LogP contribution in [0, 0.1) is 23.1 Å². The second-order valence-corrected chi connectivity index (χ2v) is 6.96. The summed E-state index contributed by atoms with van der Waals surface area (Å²) in [6, 6.07) is 5.24. The molecular weight excluding hydrogens is 279 g/mol. The van der Waals surface area contributed by atoms with E-state index in [1.54, 1.807) is 6.07 Å². The van der Waals surface area contributed by atoms with Gasteiger partial charge in [-0.3, -0.25) is 4.72 Å². The minimum absolute atomic E-state index is 0.00257. The Morgan fingerprint density at radius 3 is 2.65 bits per heavy atom. The number of sulfonamides is 1. The van der Waals surface area contributed by atoms with Crippen LogP contribution in [0.25, 0.3) is 0 Å². The largest absolute Gasteiger partial charge is 0.282 e. The summed E-state index contributed by atoms with van der Waals surface area (Å²) in [5, 5.41) is 8.91. The highest BCUT2D eigenvalue weighted by molar-refractivity contribution is 7.92. The lowest BCUT2D eigenvalue weighted by Gasteiger charge is -2.21. The lowest BCUT2D eigenvalue weighted by atomic mass is 9.91. The van der Waals surface area contributed by atoms with Gasteiger partial charge in [0, 0.05) is 0 Å². The van der Waals surface area contributed by atoms with Crippen LogP contribution in [0.2, 0.25) is 0 Å². The second kappa shape index (κ2) is 6.23. The van der Waals surface area contributed by atoms with E-state index in [4.69, 9.17) is 5.26 Å². The Morgan fingerprint density at radius 2 is 2.00 bits per heavy atom. The molecule has 1 fully saturated rings. The van der Waals surface area contributed by atoms with E-state index >= 15 is 0 Å². The van der Waals surface area contributed by atoms with E-state index in [1.165, 1.54) is 12.5 Å². The molecule has 6 heteroatoms. The predicted molar refractivity (Wildman–Crippen MR) is 75.1 cm³/mol. The topological polar surface area (TPSA) is 70.0 Å². The second-order valence-electron chi connectivity index (χ2n) is 5.19. The molecule has 20 heavy (non-hydrogen) atoms. The number of benzene rings is 1. The third kappa shape index (κ3) is 3.94. The number of nitriles is 1. The van der Waals surface area contributed by atoms with Crippen molar-refractivity contribution in [1.82, 2.24) is 0 Å². The molecule has 0 amide bonds. The summed E-state index contributed by atoms with van der Waals surface area (Å²) in [5.74, 6) is -0.320. The number of hydrogen-bond donors (Lipinski definition) is 1. The van der Waals surface area contributed by atoms with Crippen LogP contribution in [0.1, 0.15) is 37.7 Å². The molecule has 0 aliphatic heterocycles. The Hall–Kier alpha value is -1.61. The molecule has 4 nitrogen and oxygen atoms in total. The zero-order valence-corrected chi connectivity index (χ0v) is 11.9. The smallest absolute Gasteiger partial charge is 0.233 e. The maximum absolute atomic E-state index is 13.0. The minimum atomic E-state index is -3.50. The van der Waals surface area contributed by atoms with E-state index in [1.807, 2.05) is 0 Å². The molecule has 1 N–H and O–H groups in total. The van der Waals surface area contributed by atoms with Crippen molar-refractivity contribution in [2.45, 2.75) is 32.1 Å². The van der Waals surface area contributed by atoms with Gasteiger partial charge in [-0.2, -0.15) is 5.26 Å². The Balaban J connectivity index is 2.10. The van der Waals surface area contributed by atoms with Crippen molar-refractivity contribution >= 4 is 15.7 Å². The van der Waals surface area contributed by atoms with E-state index in [-0.39, 0.29) is 22.9 Å². The first-order valence-electron chi connectivity index (χ1n) is 6.70. The lowest BCUT2D eigenvalue weighted by Crippen LogP contribution is -2.24. The van der Waals surface area contributed by atoms with Crippen LogP contribution in [0.15, 0.2) is 18.2 Å². The average molecular weight is 296 g/mol. The molecular formula is C14H17FN2O2S. The quantitative estimate of drug-likeness (QED) is 0.928. The van der Waals surface area contributed by atoms with Crippen molar-refractivity contribution in [3.8, 4) is 6.07 Å². The molecule has 1 saturated carbocycles. The molecule has 0 aromatic heterocycles. The Bertz CT molecular complexity index is 617. The Kier molecular flexibility index (Phi) is 4.61. The molecule has 2 rings (SSSR count). The number of rotatable bonds is 4. The molecule has 0 atom stereocenters. The fraction of sp³-hybridized carbons (Fsp3) is 0.500. The monoisotopic (exact) mass is 296 g/mol. The molecule has 1 aliphatic carbocycles. The van der Waals surface area contributed by atoms with Crippen LogP contribution >= 0.6 is 0 Å². The summed E-state index contributed by atoms with van der Waals surface area (Å²) in [7, 11) is -3.50. The zero-order valence-electron chi connectivity index (χ0n) is 11.1. The number of nitrogens with zero attached hydrogens (tertiary/aromatic N) is 1. The van der Waals surface area contributed by atoms with E-state index in [9.17, 15) is 12.8 Å². The first-order chi connectivity index (χ1) is 9.50. The standard InChI is InChI=1S/C14H17FN2O2S/c15-13-6-7-14(12(8-13)9-16)17-20(18,19)10-11-4-2-1-3-5-11/h6-8,11,17H,1-5,10H2. The molecule has 0 spiro atoms. The summed E-state index contributed by atoms with van der Waals surface area (Å²) in [6.07, 6.45) is 5.16. The number of halogens is 1. The van der Waals surface area contributed by atoms with Gasteiger partial charge in [-0.25, -0.2) is 12.8 Å². The predicted octanol–water partition coefficient (Wildman–Crippen LogP) is 3.02. The van der Waals surface area contributed by atoms with Gasteiger partial charge in [0.25, 0.3) is 0 Å². The average Bonchev–Trinajstić information content (AvgIpc) is 2.41. The van der Waals surface area contributed by atoms with Crippen LogP contribution < -0.4 is 4.72 Å². The fourth-order valence-corrected chi connectivity index (χ4v) is 4.12. The van der Waals surface area contributed by atoms with Crippen molar-refractivity contribution in [2.75, 3.05) is 10.5 Å². The molecule has 1 aliphatic rings. The van der Waals surface area contributed by atoms with E-state index in [2.05, 4.69) is 4.72 Å². The summed E-state index contributed by atoms with van der Waals surface area (Å²) < 4.78 is 39.6. The van der Waals surface area contributed by atoms with Gasteiger partial charge in [-0.15, -0.1) is 0 Å². The summed E-state index contributed by atoms with van der Waals surface area (Å²) in [5.41, 5.74) is 0.141. The number of hydrogen-bond acceptors (Lipinski definition) is 3. The number of anilines is 1. The first kappa shape index (κ1) is 14.8. The molecule has 0 radical (unpaired) electrons. The van der Waals surface area contributed by atoms with E-state index < -0.39 is 15.8 Å². The van der Waals surface area contributed by atoms with Crippen LogP contribution in [-0.2, 0) is 10.0 Å². The normalized spacial score (nSPS) is 16.6. The van der Waals surface area contributed by atoms with Gasteiger partial charge in [-0.1, -0.05) is 19.3 Å². The molecule has 0 saturated heterocycles. The van der Waals surface area contributed by atoms with Crippen molar-refractivity contribution in [3.05, 3.63) is 29.6 Å². The number of nitrogens with one attached hydrogen (secondary N) is 1. The van der Waals surface area contributed by atoms with E-state index in [0.717, 1.165) is 37.8 Å². The SMILES string of the molecule is N#Cc1cc(F)ccc1NS(=O)(=O)CC1CCCCC1. The first-order valence-corrected chi connectivity index (χ1v) is 8.35. The third-order valence-corrected chi connectivity index (χ3v) is 4.99. The molecule has 0 unspecified atom stereocenters. The molecule has 0 heterocycles. The van der Waals surface area contributed by atoms with Gasteiger partial charge in [0.05, 0.1) is 17.0 Å². The van der Waals surface area contributed by atoms with Gasteiger partial charge in [-0.05, 0) is 37.0 Å².